The Hall–Kier alpha value is -1.66. The van der Waals surface area contributed by atoms with Crippen molar-refractivity contribution in [3.05, 3.63) is 53.9 Å². The van der Waals surface area contributed by atoms with Gasteiger partial charge in [0.1, 0.15) is 6.04 Å². The minimum absolute atomic E-state index is 0. The molecular formula is C16H20Cl2N2O3. The number of rotatable bonds is 5. The summed E-state index contributed by atoms with van der Waals surface area (Å²) >= 11 is 0. The number of hydrogen-bond acceptors (Lipinski definition) is 5. The Balaban J connectivity index is 0.00000242. The topological polar surface area (TPSA) is 85.4 Å². The van der Waals surface area contributed by atoms with Crippen LogP contribution in [0.25, 0.3) is 11.1 Å². The second-order valence-corrected chi connectivity index (χ2v) is 4.73. The Labute approximate surface area is 147 Å². The summed E-state index contributed by atoms with van der Waals surface area (Å²) in [5, 5.41) is 8.97. The molecule has 5 nitrogen and oxygen atoms in total. The third kappa shape index (κ3) is 5.80. The highest BCUT2D eigenvalue weighted by Gasteiger charge is 2.14. The molecule has 1 atom stereocenters. The lowest BCUT2D eigenvalue weighted by Crippen LogP contribution is -2.33. The number of aromatic nitrogens is 1. The third-order valence-electron chi connectivity index (χ3n) is 3.23. The second-order valence-electron chi connectivity index (χ2n) is 4.73. The largest absolute Gasteiger partial charge is 0.468 e. The minimum atomic E-state index is -0.647. The van der Waals surface area contributed by atoms with E-state index in [1.165, 1.54) is 7.11 Å². The number of carbonyl (C=O) groups excluding carboxylic acids is 1. The highest BCUT2D eigenvalue weighted by Crippen LogP contribution is 2.19. The SMILES string of the molecule is COC(=O)C(N)Cc1ccc(-c2ccc(CO)nc2)cc1.Cl.Cl. The molecule has 1 aromatic carbocycles. The maximum absolute atomic E-state index is 11.3. The number of carbonyl (C=O) groups is 1. The van der Waals surface area contributed by atoms with Crippen LogP contribution in [-0.2, 0) is 22.6 Å². The fraction of sp³-hybridized carbons (Fsp3) is 0.250. The summed E-state index contributed by atoms with van der Waals surface area (Å²) in [4.78, 5) is 15.4. The molecule has 2 rings (SSSR count). The number of esters is 1. The van der Waals surface area contributed by atoms with E-state index in [0.29, 0.717) is 12.1 Å². The fourth-order valence-corrected chi connectivity index (χ4v) is 2.01. The van der Waals surface area contributed by atoms with Crippen molar-refractivity contribution < 1.29 is 14.6 Å². The Morgan fingerprint density at radius 3 is 2.26 bits per heavy atom. The first-order chi connectivity index (χ1) is 10.1. The average Bonchev–Trinajstić information content (AvgIpc) is 2.55. The molecule has 0 saturated carbocycles. The molecular weight excluding hydrogens is 339 g/mol. The number of hydrogen-bond donors (Lipinski definition) is 2. The van der Waals surface area contributed by atoms with Crippen molar-refractivity contribution in [2.45, 2.75) is 19.1 Å². The monoisotopic (exact) mass is 358 g/mol. The average molecular weight is 359 g/mol. The smallest absolute Gasteiger partial charge is 0.322 e. The fourth-order valence-electron chi connectivity index (χ4n) is 2.01. The van der Waals surface area contributed by atoms with Crippen molar-refractivity contribution in [3.8, 4) is 11.1 Å². The van der Waals surface area contributed by atoms with Crippen LogP contribution >= 0.6 is 24.8 Å². The van der Waals surface area contributed by atoms with E-state index >= 15 is 0 Å². The molecule has 1 aromatic heterocycles. The first kappa shape index (κ1) is 21.3. The van der Waals surface area contributed by atoms with Crippen LogP contribution in [0, 0.1) is 0 Å². The number of ether oxygens (including phenoxy) is 1. The van der Waals surface area contributed by atoms with Gasteiger partial charge in [-0.25, -0.2) is 0 Å². The lowest BCUT2D eigenvalue weighted by atomic mass is 10.0. The molecule has 0 bridgehead atoms. The van der Waals surface area contributed by atoms with Crippen molar-refractivity contribution in [1.82, 2.24) is 4.98 Å². The van der Waals surface area contributed by atoms with Crippen LogP contribution in [0.15, 0.2) is 42.6 Å². The normalized spacial score (nSPS) is 10.9. The van der Waals surface area contributed by atoms with Gasteiger partial charge >= 0.3 is 5.97 Å². The summed E-state index contributed by atoms with van der Waals surface area (Å²) in [6, 6.07) is 10.8. The molecule has 0 fully saturated rings. The zero-order valence-corrected chi connectivity index (χ0v) is 14.3. The molecule has 1 unspecified atom stereocenters. The molecule has 0 aliphatic rings. The Bertz CT molecular complexity index is 604. The molecule has 3 N–H and O–H groups in total. The summed E-state index contributed by atoms with van der Waals surface area (Å²) in [6.45, 7) is -0.0648. The van der Waals surface area contributed by atoms with Gasteiger partial charge in [-0.3, -0.25) is 9.78 Å². The maximum Gasteiger partial charge on any atom is 0.322 e. The molecule has 126 valence electrons. The number of aliphatic hydroxyl groups excluding tert-OH is 1. The van der Waals surface area contributed by atoms with E-state index in [2.05, 4.69) is 9.72 Å². The molecule has 23 heavy (non-hydrogen) atoms. The third-order valence-corrected chi connectivity index (χ3v) is 3.23. The van der Waals surface area contributed by atoms with Crippen molar-refractivity contribution in [2.24, 2.45) is 5.73 Å². The second kappa shape index (κ2) is 10.2. The van der Waals surface area contributed by atoms with Crippen LogP contribution in [0.4, 0.5) is 0 Å². The van der Waals surface area contributed by atoms with Gasteiger partial charge in [-0.15, -0.1) is 24.8 Å². The molecule has 0 saturated heterocycles. The molecule has 0 aliphatic carbocycles. The van der Waals surface area contributed by atoms with Gasteiger partial charge in [0.2, 0.25) is 0 Å². The van der Waals surface area contributed by atoms with Gasteiger partial charge in [0, 0.05) is 11.8 Å². The highest BCUT2D eigenvalue weighted by atomic mass is 35.5. The maximum atomic E-state index is 11.3. The number of methoxy groups -OCH3 is 1. The first-order valence-electron chi connectivity index (χ1n) is 6.62. The van der Waals surface area contributed by atoms with Crippen molar-refractivity contribution >= 4 is 30.8 Å². The molecule has 2 aromatic rings. The van der Waals surface area contributed by atoms with E-state index in [1.807, 2.05) is 30.3 Å². The molecule has 0 radical (unpaired) electrons. The van der Waals surface area contributed by atoms with Gasteiger partial charge in [0.15, 0.2) is 0 Å². The quantitative estimate of drug-likeness (QED) is 0.799. The van der Waals surface area contributed by atoms with E-state index in [1.54, 1.807) is 12.3 Å². The molecule has 0 amide bonds. The number of nitrogens with zero attached hydrogens (tertiary/aromatic N) is 1. The standard InChI is InChI=1S/C16H18N2O3.2ClH/c1-21-16(20)15(17)8-11-2-4-12(5-3-11)13-6-7-14(10-19)18-9-13;;/h2-7,9,15,19H,8,10,17H2,1H3;2*1H. The molecule has 0 aliphatic heterocycles. The van der Waals surface area contributed by atoms with Gasteiger partial charge in [0.05, 0.1) is 19.4 Å². The summed E-state index contributed by atoms with van der Waals surface area (Å²) < 4.78 is 4.61. The molecule has 7 heteroatoms. The van der Waals surface area contributed by atoms with Crippen LogP contribution in [0.3, 0.4) is 0 Å². The van der Waals surface area contributed by atoms with Crippen LogP contribution < -0.4 is 5.73 Å². The van der Waals surface area contributed by atoms with Crippen molar-refractivity contribution in [1.29, 1.82) is 0 Å². The lowest BCUT2D eigenvalue weighted by Gasteiger charge is -2.10. The number of halogens is 2. The Morgan fingerprint density at radius 2 is 1.78 bits per heavy atom. The summed E-state index contributed by atoms with van der Waals surface area (Å²) in [6.07, 6.45) is 2.16. The predicted octanol–water partition coefficient (Wildman–Crippen LogP) is 2.13. The van der Waals surface area contributed by atoms with E-state index in [4.69, 9.17) is 10.8 Å². The molecule has 0 spiro atoms. The zero-order valence-electron chi connectivity index (χ0n) is 12.6. The van der Waals surface area contributed by atoms with E-state index < -0.39 is 12.0 Å². The highest BCUT2D eigenvalue weighted by molar-refractivity contribution is 5.85. The zero-order chi connectivity index (χ0) is 15.2. The summed E-state index contributed by atoms with van der Waals surface area (Å²) in [5.74, 6) is -0.414. The minimum Gasteiger partial charge on any atom is -0.468 e. The number of nitrogens with two attached hydrogens (primary N) is 1. The van der Waals surface area contributed by atoms with Crippen molar-refractivity contribution in [3.63, 3.8) is 0 Å². The Morgan fingerprint density at radius 1 is 1.17 bits per heavy atom. The van der Waals surface area contributed by atoms with Crippen LogP contribution in [0.5, 0.6) is 0 Å². The van der Waals surface area contributed by atoms with E-state index in [9.17, 15) is 4.79 Å². The van der Waals surface area contributed by atoms with E-state index in [-0.39, 0.29) is 31.4 Å². The Kier molecular flexibility index (Phi) is 9.44. The number of aliphatic hydroxyl groups is 1. The number of benzene rings is 1. The van der Waals surface area contributed by atoms with E-state index in [0.717, 1.165) is 16.7 Å². The van der Waals surface area contributed by atoms with Crippen molar-refractivity contribution in [2.75, 3.05) is 7.11 Å². The van der Waals surface area contributed by atoms with Gasteiger partial charge in [-0.05, 0) is 23.6 Å². The molecule has 1 heterocycles. The van der Waals surface area contributed by atoms with Crippen LogP contribution in [-0.4, -0.2) is 29.2 Å². The first-order valence-corrected chi connectivity index (χ1v) is 6.62. The van der Waals surface area contributed by atoms with Gasteiger partial charge in [0.25, 0.3) is 0 Å². The van der Waals surface area contributed by atoms with Crippen LogP contribution in [0.1, 0.15) is 11.3 Å². The lowest BCUT2D eigenvalue weighted by molar-refractivity contribution is -0.142. The number of pyridine rings is 1. The van der Waals surface area contributed by atoms with Gasteiger partial charge in [-0.1, -0.05) is 30.3 Å². The van der Waals surface area contributed by atoms with Gasteiger partial charge < -0.3 is 15.6 Å². The van der Waals surface area contributed by atoms with Crippen LogP contribution in [0.2, 0.25) is 0 Å². The summed E-state index contributed by atoms with van der Waals surface area (Å²) in [7, 11) is 1.33. The predicted molar refractivity (Wildman–Crippen MR) is 93.8 cm³/mol. The van der Waals surface area contributed by atoms with Gasteiger partial charge in [-0.2, -0.15) is 0 Å². The summed E-state index contributed by atoms with van der Waals surface area (Å²) in [5.41, 5.74) is 9.32.